The molecule has 2 aromatic rings. The quantitative estimate of drug-likeness (QED) is 0.563. The minimum Gasteiger partial charge on any atom is -0.497 e. The van der Waals surface area contributed by atoms with Crippen LogP contribution in [0.5, 0.6) is 5.75 Å². The molecule has 2 fully saturated rings. The Morgan fingerprint density at radius 3 is 2.57 bits per heavy atom. The summed E-state index contributed by atoms with van der Waals surface area (Å²) in [6.45, 7) is 5.14. The molecule has 156 valence electrons. The highest BCUT2D eigenvalue weighted by atomic mass is 16.5. The van der Waals surface area contributed by atoms with E-state index in [0.717, 1.165) is 35.3 Å². The van der Waals surface area contributed by atoms with E-state index < -0.39 is 5.41 Å². The van der Waals surface area contributed by atoms with E-state index in [0.29, 0.717) is 31.6 Å². The molecule has 0 bridgehead atoms. The molecule has 0 radical (unpaired) electrons. The number of rotatable bonds is 7. The Labute approximate surface area is 177 Å². The number of fused-ring (bicyclic) bond motifs is 1. The monoisotopic (exact) mass is 405 g/mol. The first-order valence-corrected chi connectivity index (χ1v) is 10.3. The first kappa shape index (κ1) is 20.2. The van der Waals surface area contributed by atoms with E-state index >= 15 is 0 Å². The van der Waals surface area contributed by atoms with Gasteiger partial charge in [-0.1, -0.05) is 36.4 Å². The number of allylic oxidation sites excluding steroid dienone is 1. The summed E-state index contributed by atoms with van der Waals surface area (Å²) in [5.41, 5.74) is 3.46. The molecule has 0 spiro atoms. The molecule has 1 N–H and O–H groups in total. The highest BCUT2D eigenvalue weighted by molar-refractivity contribution is 5.94. The third-order valence-corrected chi connectivity index (χ3v) is 6.30. The summed E-state index contributed by atoms with van der Waals surface area (Å²) in [7, 11) is 1.64. The van der Waals surface area contributed by atoms with Crippen molar-refractivity contribution in [1.29, 1.82) is 0 Å². The van der Waals surface area contributed by atoms with Gasteiger partial charge in [-0.15, -0.1) is 0 Å². The summed E-state index contributed by atoms with van der Waals surface area (Å²) >= 11 is 0. The van der Waals surface area contributed by atoms with Crippen molar-refractivity contribution in [3.8, 4) is 5.75 Å². The van der Waals surface area contributed by atoms with Crippen LogP contribution in [0, 0.1) is 11.3 Å². The molecule has 2 atom stereocenters. The maximum absolute atomic E-state index is 12.5. The van der Waals surface area contributed by atoms with Crippen molar-refractivity contribution in [1.82, 2.24) is 5.32 Å². The molecule has 5 heteroatoms. The lowest BCUT2D eigenvalue weighted by Crippen LogP contribution is -2.31. The Balaban J connectivity index is 1.33. The van der Waals surface area contributed by atoms with E-state index in [1.165, 1.54) is 0 Å². The fourth-order valence-corrected chi connectivity index (χ4v) is 4.62. The number of ether oxygens (including phenoxy) is 2. The van der Waals surface area contributed by atoms with Gasteiger partial charge in [0.1, 0.15) is 5.75 Å². The molecule has 1 heterocycles. The highest BCUT2D eigenvalue weighted by Crippen LogP contribution is 2.52. The average Bonchev–Trinajstić information content (AvgIpc) is 3.22. The first-order valence-electron chi connectivity index (χ1n) is 10.3. The molecule has 1 aliphatic carbocycles. The number of cyclic esters (lactones) is 1. The smallest absolute Gasteiger partial charge is 0.313 e. The molecule has 5 nitrogen and oxygen atoms in total. The van der Waals surface area contributed by atoms with Crippen molar-refractivity contribution in [3.63, 3.8) is 0 Å². The summed E-state index contributed by atoms with van der Waals surface area (Å²) in [6.07, 6.45) is 2.95. The van der Waals surface area contributed by atoms with Crippen LogP contribution in [0.15, 0.2) is 60.7 Å². The van der Waals surface area contributed by atoms with Crippen molar-refractivity contribution in [2.45, 2.75) is 25.7 Å². The molecule has 2 aromatic carbocycles. The predicted molar refractivity (Wildman–Crippen MR) is 114 cm³/mol. The van der Waals surface area contributed by atoms with Crippen LogP contribution < -0.4 is 10.1 Å². The fraction of sp³-hybridized carbons (Fsp3) is 0.360. The van der Waals surface area contributed by atoms with Crippen molar-refractivity contribution >= 4 is 11.9 Å². The summed E-state index contributed by atoms with van der Waals surface area (Å²) in [6, 6.07) is 15.4. The second-order valence-corrected chi connectivity index (χ2v) is 8.31. The number of methoxy groups -OCH3 is 1. The molecular weight excluding hydrogens is 378 g/mol. The average molecular weight is 405 g/mol. The van der Waals surface area contributed by atoms with Gasteiger partial charge >= 0.3 is 5.97 Å². The lowest BCUT2D eigenvalue weighted by Gasteiger charge is -2.24. The molecule has 30 heavy (non-hydrogen) atoms. The zero-order valence-electron chi connectivity index (χ0n) is 17.3. The van der Waals surface area contributed by atoms with Crippen LogP contribution in [0.3, 0.4) is 0 Å². The molecule has 1 amide bonds. The van der Waals surface area contributed by atoms with Gasteiger partial charge in [0.05, 0.1) is 19.1 Å². The number of carbonyl (C=O) groups excluding carboxylic acids is 2. The molecule has 1 aliphatic heterocycles. The number of esters is 1. The SMILES string of the molecule is C=C1CC2COC(=O)C2(Cc2ccc(C(=O)NCCc3ccc(OC)cc3)cc2)C1. The van der Waals surface area contributed by atoms with Crippen LogP contribution >= 0.6 is 0 Å². The van der Waals surface area contributed by atoms with E-state index in [2.05, 4.69) is 11.9 Å². The summed E-state index contributed by atoms with van der Waals surface area (Å²) < 4.78 is 10.5. The molecule has 2 aliphatic rings. The lowest BCUT2D eigenvalue weighted by molar-refractivity contribution is -0.146. The van der Waals surface area contributed by atoms with E-state index in [1.807, 2.05) is 48.5 Å². The van der Waals surface area contributed by atoms with Gasteiger partial charge in [0, 0.05) is 18.0 Å². The third kappa shape index (κ3) is 3.97. The first-order chi connectivity index (χ1) is 14.5. The molecular formula is C25H27NO4. The van der Waals surface area contributed by atoms with E-state index in [4.69, 9.17) is 9.47 Å². The standard InChI is InChI=1S/C25H27NO4/c1-17-13-21-16-30-24(28)25(21,14-17)15-19-3-7-20(8-4-19)23(27)26-12-11-18-5-9-22(29-2)10-6-18/h3-10,21H,1,11-16H2,2H3,(H,26,27). The van der Waals surface area contributed by atoms with Gasteiger partial charge in [-0.3, -0.25) is 9.59 Å². The Bertz CT molecular complexity index is 948. The zero-order valence-corrected chi connectivity index (χ0v) is 17.3. The van der Waals surface area contributed by atoms with Gasteiger partial charge in [0.25, 0.3) is 5.91 Å². The number of hydrogen-bond donors (Lipinski definition) is 1. The number of carbonyl (C=O) groups is 2. The van der Waals surface area contributed by atoms with Crippen LogP contribution in [-0.4, -0.2) is 32.1 Å². The Hall–Kier alpha value is -3.08. The Morgan fingerprint density at radius 1 is 1.17 bits per heavy atom. The largest absolute Gasteiger partial charge is 0.497 e. The Morgan fingerprint density at radius 2 is 1.87 bits per heavy atom. The van der Waals surface area contributed by atoms with Crippen LogP contribution in [-0.2, 0) is 22.4 Å². The predicted octanol–water partition coefficient (Wildman–Crippen LogP) is 3.72. The second kappa shape index (κ2) is 8.34. The van der Waals surface area contributed by atoms with Gasteiger partial charge in [0.15, 0.2) is 0 Å². The van der Waals surface area contributed by atoms with Crippen molar-refractivity contribution in [2.24, 2.45) is 11.3 Å². The van der Waals surface area contributed by atoms with E-state index in [9.17, 15) is 9.59 Å². The van der Waals surface area contributed by atoms with Gasteiger partial charge in [-0.25, -0.2) is 0 Å². The van der Waals surface area contributed by atoms with E-state index in [1.54, 1.807) is 7.11 Å². The maximum atomic E-state index is 12.5. The minimum atomic E-state index is -0.473. The lowest BCUT2D eigenvalue weighted by atomic mass is 9.75. The summed E-state index contributed by atoms with van der Waals surface area (Å²) in [5, 5.41) is 2.96. The van der Waals surface area contributed by atoms with Crippen LogP contribution in [0.2, 0.25) is 0 Å². The van der Waals surface area contributed by atoms with Gasteiger partial charge < -0.3 is 14.8 Å². The van der Waals surface area contributed by atoms with Gasteiger partial charge in [0.2, 0.25) is 0 Å². The van der Waals surface area contributed by atoms with E-state index in [-0.39, 0.29) is 17.8 Å². The molecule has 1 saturated heterocycles. The normalized spacial score (nSPS) is 22.5. The Kier molecular flexibility index (Phi) is 5.62. The summed E-state index contributed by atoms with van der Waals surface area (Å²) in [5.74, 6) is 0.840. The maximum Gasteiger partial charge on any atom is 0.313 e. The summed E-state index contributed by atoms with van der Waals surface area (Å²) in [4.78, 5) is 24.9. The van der Waals surface area contributed by atoms with Crippen LogP contribution in [0.25, 0.3) is 0 Å². The molecule has 2 unspecified atom stereocenters. The van der Waals surface area contributed by atoms with Crippen LogP contribution in [0.1, 0.15) is 34.3 Å². The van der Waals surface area contributed by atoms with Crippen molar-refractivity contribution in [3.05, 3.63) is 77.4 Å². The number of benzene rings is 2. The molecule has 0 aromatic heterocycles. The zero-order chi connectivity index (χ0) is 21.1. The van der Waals surface area contributed by atoms with Crippen molar-refractivity contribution < 1.29 is 19.1 Å². The topological polar surface area (TPSA) is 64.6 Å². The third-order valence-electron chi connectivity index (χ3n) is 6.30. The minimum absolute atomic E-state index is 0.0966. The van der Waals surface area contributed by atoms with Crippen molar-refractivity contribution in [2.75, 3.05) is 20.3 Å². The fourth-order valence-electron chi connectivity index (χ4n) is 4.62. The van der Waals surface area contributed by atoms with Gasteiger partial charge in [-0.05, 0) is 61.1 Å². The number of nitrogens with one attached hydrogen (secondary N) is 1. The van der Waals surface area contributed by atoms with Crippen LogP contribution in [0.4, 0.5) is 0 Å². The highest BCUT2D eigenvalue weighted by Gasteiger charge is 2.55. The number of hydrogen-bond acceptors (Lipinski definition) is 4. The van der Waals surface area contributed by atoms with Gasteiger partial charge in [-0.2, -0.15) is 0 Å². The number of amides is 1. The second-order valence-electron chi connectivity index (χ2n) is 8.31. The molecule has 1 saturated carbocycles. The molecule has 4 rings (SSSR count).